The predicted molar refractivity (Wildman–Crippen MR) is 113 cm³/mol. The summed E-state index contributed by atoms with van der Waals surface area (Å²) in [6.07, 6.45) is 0.640. The lowest BCUT2D eigenvalue weighted by Crippen LogP contribution is -1.87. The Hall–Kier alpha value is -2.37. The van der Waals surface area contributed by atoms with Gasteiger partial charge in [-0.1, -0.05) is 94.4 Å². The molecule has 0 fully saturated rings. The lowest BCUT2D eigenvalue weighted by Gasteiger charge is -2.08. The van der Waals surface area contributed by atoms with Gasteiger partial charge in [0.2, 0.25) is 5.89 Å². The maximum atomic E-state index is 5.81. The van der Waals surface area contributed by atoms with Gasteiger partial charge in [-0.3, -0.25) is 0 Å². The third kappa shape index (κ3) is 4.67. The van der Waals surface area contributed by atoms with E-state index >= 15 is 0 Å². The van der Waals surface area contributed by atoms with Crippen molar-refractivity contribution in [2.24, 2.45) is 0 Å². The van der Waals surface area contributed by atoms with Gasteiger partial charge in [-0.25, -0.2) is 0 Å². The zero-order chi connectivity index (χ0) is 18.5. The van der Waals surface area contributed by atoms with Gasteiger partial charge in [-0.2, -0.15) is 0 Å². The predicted octanol–water partition coefficient (Wildman–Crippen LogP) is 6.38. The number of hydrogen-bond donors (Lipinski definition) is 0. The van der Waals surface area contributed by atoms with Crippen LogP contribution in [0.1, 0.15) is 17.0 Å². The third-order valence-electron chi connectivity index (χ3n) is 4.17. The highest BCUT2D eigenvalue weighted by Crippen LogP contribution is 2.29. The number of halogens is 1. The molecule has 0 amide bonds. The molecule has 0 saturated heterocycles. The summed E-state index contributed by atoms with van der Waals surface area (Å²) in [4.78, 5) is 0. The van der Waals surface area contributed by atoms with Gasteiger partial charge in [0.25, 0.3) is 5.22 Å². The molecule has 5 heteroatoms. The highest BCUT2D eigenvalue weighted by molar-refractivity contribution is 9.10. The largest absolute Gasteiger partial charge is 0.416 e. The Morgan fingerprint density at radius 3 is 2.37 bits per heavy atom. The van der Waals surface area contributed by atoms with Crippen LogP contribution < -0.4 is 0 Å². The van der Waals surface area contributed by atoms with Crippen LogP contribution in [0, 0.1) is 0 Å². The quantitative estimate of drug-likeness (QED) is 0.328. The minimum absolute atomic E-state index is 0.602. The molecule has 0 aliphatic rings. The molecule has 0 spiro atoms. The van der Waals surface area contributed by atoms with E-state index in [1.807, 2.05) is 18.2 Å². The van der Waals surface area contributed by atoms with Gasteiger partial charge in [-0.05, 0) is 34.4 Å². The molecule has 0 unspecified atom stereocenters. The van der Waals surface area contributed by atoms with E-state index in [2.05, 4.69) is 86.8 Å². The topological polar surface area (TPSA) is 38.9 Å². The molecular weight excluding hydrogens is 420 g/mol. The number of thioether (sulfide) groups is 1. The summed E-state index contributed by atoms with van der Waals surface area (Å²) < 4.78 is 6.87. The maximum absolute atomic E-state index is 5.81. The Morgan fingerprint density at radius 1 is 0.815 bits per heavy atom. The van der Waals surface area contributed by atoms with Crippen LogP contribution in [0.15, 0.2) is 93.0 Å². The molecule has 1 aromatic heterocycles. The van der Waals surface area contributed by atoms with Crippen molar-refractivity contribution in [1.82, 2.24) is 10.2 Å². The molecule has 0 saturated carbocycles. The van der Waals surface area contributed by atoms with Gasteiger partial charge in [0.15, 0.2) is 0 Å². The normalized spacial score (nSPS) is 10.9. The average Bonchev–Trinajstić information content (AvgIpc) is 3.16. The second-order valence-electron chi connectivity index (χ2n) is 6.08. The molecule has 3 nitrogen and oxygen atoms in total. The van der Waals surface area contributed by atoms with Crippen molar-refractivity contribution in [3.8, 4) is 11.1 Å². The maximum Gasteiger partial charge on any atom is 0.276 e. The second kappa shape index (κ2) is 8.55. The van der Waals surface area contributed by atoms with Crippen LogP contribution in [0.3, 0.4) is 0 Å². The first-order valence-electron chi connectivity index (χ1n) is 8.61. The molecule has 4 aromatic rings. The fourth-order valence-electron chi connectivity index (χ4n) is 2.83. The summed E-state index contributed by atoms with van der Waals surface area (Å²) in [5, 5.41) is 8.96. The molecule has 27 heavy (non-hydrogen) atoms. The number of benzene rings is 3. The summed E-state index contributed by atoms with van der Waals surface area (Å²) in [6, 6.07) is 27.0. The van der Waals surface area contributed by atoms with Crippen LogP contribution in [-0.2, 0) is 12.2 Å². The Morgan fingerprint density at radius 2 is 1.56 bits per heavy atom. The minimum Gasteiger partial charge on any atom is -0.416 e. The lowest BCUT2D eigenvalue weighted by atomic mass is 10.0. The van der Waals surface area contributed by atoms with E-state index in [0.717, 1.165) is 15.8 Å². The summed E-state index contributed by atoms with van der Waals surface area (Å²) >= 11 is 5.01. The van der Waals surface area contributed by atoms with Crippen LogP contribution in [0.5, 0.6) is 0 Å². The van der Waals surface area contributed by atoms with Crippen molar-refractivity contribution in [3.63, 3.8) is 0 Å². The van der Waals surface area contributed by atoms with Crippen molar-refractivity contribution in [1.29, 1.82) is 0 Å². The first kappa shape index (κ1) is 18.0. The van der Waals surface area contributed by atoms with Gasteiger partial charge < -0.3 is 4.42 Å². The average molecular weight is 437 g/mol. The first-order chi connectivity index (χ1) is 13.3. The number of hydrogen-bond acceptors (Lipinski definition) is 4. The Kier molecular flexibility index (Phi) is 5.70. The molecule has 0 radical (unpaired) electrons. The van der Waals surface area contributed by atoms with E-state index in [1.165, 1.54) is 16.7 Å². The van der Waals surface area contributed by atoms with Crippen molar-refractivity contribution in [2.75, 3.05) is 0 Å². The van der Waals surface area contributed by atoms with E-state index in [9.17, 15) is 0 Å². The van der Waals surface area contributed by atoms with Gasteiger partial charge in [0.05, 0.1) is 6.42 Å². The first-order valence-corrected chi connectivity index (χ1v) is 10.4. The lowest BCUT2D eigenvalue weighted by molar-refractivity contribution is 0.420. The summed E-state index contributed by atoms with van der Waals surface area (Å²) in [5.74, 6) is 1.42. The van der Waals surface area contributed by atoms with Crippen LogP contribution >= 0.6 is 27.7 Å². The third-order valence-corrected chi connectivity index (χ3v) is 5.57. The molecule has 1 heterocycles. The van der Waals surface area contributed by atoms with Crippen LogP contribution in [0.25, 0.3) is 11.1 Å². The second-order valence-corrected chi connectivity index (χ2v) is 7.92. The molecule has 134 valence electrons. The molecular formula is C22H17BrN2OS. The van der Waals surface area contributed by atoms with Crippen molar-refractivity contribution in [3.05, 3.63) is 100 Å². The standard InChI is InChI=1S/C22H17BrN2OS/c23-19-12-10-16(11-13-19)14-21-24-25-22(26-21)27-15-18-8-4-5-9-20(18)17-6-2-1-3-7-17/h1-13H,14-15H2. The fourth-order valence-corrected chi connectivity index (χ4v) is 3.88. The highest BCUT2D eigenvalue weighted by atomic mass is 79.9. The SMILES string of the molecule is Brc1ccc(Cc2nnc(SCc3ccccc3-c3ccccc3)o2)cc1. The number of aromatic nitrogens is 2. The van der Waals surface area contributed by atoms with E-state index in [4.69, 9.17) is 4.42 Å². The highest BCUT2D eigenvalue weighted by Gasteiger charge is 2.10. The monoisotopic (exact) mass is 436 g/mol. The zero-order valence-corrected chi connectivity index (χ0v) is 16.9. The Balaban J connectivity index is 1.44. The molecule has 0 atom stereocenters. The Labute approximate surface area is 171 Å². The summed E-state index contributed by atoms with van der Waals surface area (Å²) in [6.45, 7) is 0. The summed E-state index contributed by atoms with van der Waals surface area (Å²) in [5.41, 5.74) is 4.85. The van der Waals surface area contributed by atoms with Crippen molar-refractivity contribution >= 4 is 27.7 Å². The number of rotatable bonds is 6. The van der Waals surface area contributed by atoms with Crippen molar-refractivity contribution in [2.45, 2.75) is 17.4 Å². The van der Waals surface area contributed by atoms with E-state index < -0.39 is 0 Å². The zero-order valence-electron chi connectivity index (χ0n) is 14.5. The van der Waals surface area contributed by atoms with Gasteiger partial charge in [0.1, 0.15) is 0 Å². The molecule has 3 aromatic carbocycles. The smallest absolute Gasteiger partial charge is 0.276 e. The van der Waals surface area contributed by atoms with Crippen LogP contribution in [0.2, 0.25) is 0 Å². The number of nitrogens with zero attached hydrogens (tertiary/aromatic N) is 2. The van der Waals surface area contributed by atoms with Gasteiger partial charge >= 0.3 is 0 Å². The fraction of sp³-hybridized carbons (Fsp3) is 0.0909. The van der Waals surface area contributed by atoms with Crippen LogP contribution in [-0.4, -0.2) is 10.2 Å². The molecule has 0 N–H and O–H groups in total. The van der Waals surface area contributed by atoms with Crippen LogP contribution in [0.4, 0.5) is 0 Å². The molecule has 0 aliphatic carbocycles. The molecule has 4 rings (SSSR count). The Bertz CT molecular complexity index is 1020. The van der Waals surface area contributed by atoms with E-state index in [0.29, 0.717) is 17.5 Å². The van der Waals surface area contributed by atoms with Gasteiger partial charge in [0, 0.05) is 10.2 Å². The minimum atomic E-state index is 0.602. The summed E-state index contributed by atoms with van der Waals surface area (Å²) in [7, 11) is 0. The molecule has 0 bridgehead atoms. The van der Waals surface area contributed by atoms with E-state index in [-0.39, 0.29) is 0 Å². The van der Waals surface area contributed by atoms with Gasteiger partial charge in [-0.15, -0.1) is 10.2 Å². The van der Waals surface area contributed by atoms with E-state index in [1.54, 1.807) is 11.8 Å². The molecule has 0 aliphatic heterocycles. The van der Waals surface area contributed by atoms with Crippen molar-refractivity contribution < 1.29 is 4.42 Å².